The Hall–Kier alpha value is -2.08. The lowest BCUT2D eigenvalue weighted by atomic mass is 10.2. The number of rotatable bonds is 3. The van der Waals surface area contributed by atoms with Gasteiger partial charge in [-0.2, -0.15) is 0 Å². The largest absolute Gasteiger partial charge is 0.480 e. The van der Waals surface area contributed by atoms with Crippen molar-refractivity contribution in [1.29, 1.82) is 0 Å². The molecular weight excluding hydrogens is 266 g/mol. The van der Waals surface area contributed by atoms with Gasteiger partial charge in [0.1, 0.15) is 6.04 Å². The van der Waals surface area contributed by atoms with Gasteiger partial charge < -0.3 is 5.11 Å². The van der Waals surface area contributed by atoms with Gasteiger partial charge in [0.25, 0.3) is 11.1 Å². The van der Waals surface area contributed by atoms with Crippen LogP contribution in [0, 0.1) is 0 Å². The van der Waals surface area contributed by atoms with Gasteiger partial charge in [0.05, 0.1) is 4.91 Å². The fraction of sp³-hybridized carbons (Fsp3) is 0.154. The van der Waals surface area contributed by atoms with E-state index in [2.05, 4.69) is 0 Å². The molecule has 0 saturated carbocycles. The number of hydrogen-bond donors (Lipinski definition) is 1. The molecule has 1 fully saturated rings. The first-order chi connectivity index (χ1) is 9.00. The predicted octanol–water partition coefficient (Wildman–Crippen LogP) is 2.20. The minimum absolute atomic E-state index is 0.240. The zero-order valence-electron chi connectivity index (χ0n) is 10.1. The molecule has 0 aliphatic carbocycles. The monoisotopic (exact) mass is 277 g/mol. The van der Waals surface area contributed by atoms with E-state index in [-0.39, 0.29) is 4.91 Å². The number of nitrogens with zero attached hydrogens (tertiary/aromatic N) is 1. The van der Waals surface area contributed by atoms with E-state index in [9.17, 15) is 14.4 Å². The summed E-state index contributed by atoms with van der Waals surface area (Å²) in [5.41, 5.74) is 0.788. The van der Waals surface area contributed by atoms with Crippen molar-refractivity contribution in [2.75, 3.05) is 0 Å². The summed E-state index contributed by atoms with van der Waals surface area (Å²) in [5.74, 6) is -1.77. The summed E-state index contributed by atoms with van der Waals surface area (Å²) in [6, 6.07) is 7.92. The molecule has 1 aromatic rings. The molecule has 0 aromatic heterocycles. The van der Waals surface area contributed by atoms with Crippen LogP contribution in [0.4, 0.5) is 4.79 Å². The molecule has 19 heavy (non-hydrogen) atoms. The van der Waals surface area contributed by atoms with Gasteiger partial charge in [0.15, 0.2) is 0 Å². The van der Waals surface area contributed by atoms with Crippen LogP contribution in [0.15, 0.2) is 35.2 Å². The third-order valence-corrected chi connectivity index (χ3v) is 3.55. The number of carboxylic acids is 1. The highest BCUT2D eigenvalue weighted by molar-refractivity contribution is 8.18. The van der Waals surface area contributed by atoms with Gasteiger partial charge in [0, 0.05) is 0 Å². The fourth-order valence-corrected chi connectivity index (χ4v) is 2.53. The van der Waals surface area contributed by atoms with E-state index in [1.165, 1.54) is 6.92 Å². The molecule has 1 aromatic carbocycles. The number of amides is 2. The van der Waals surface area contributed by atoms with Crippen LogP contribution in [0.3, 0.4) is 0 Å². The summed E-state index contributed by atoms with van der Waals surface area (Å²) in [6.45, 7) is 1.31. The molecule has 6 heteroatoms. The van der Waals surface area contributed by atoms with Crippen molar-refractivity contribution in [2.24, 2.45) is 0 Å². The number of aliphatic carboxylic acids is 1. The summed E-state index contributed by atoms with van der Waals surface area (Å²) < 4.78 is 0. The van der Waals surface area contributed by atoms with E-state index < -0.39 is 23.2 Å². The Morgan fingerprint density at radius 3 is 2.53 bits per heavy atom. The Balaban J connectivity index is 2.28. The molecule has 0 bridgehead atoms. The number of carboxylic acid groups (broad SMARTS) is 1. The van der Waals surface area contributed by atoms with E-state index in [1.54, 1.807) is 18.2 Å². The van der Waals surface area contributed by atoms with Crippen LogP contribution in [0.1, 0.15) is 12.5 Å². The zero-order valence-corrected chi connectivity index (χ0v) is 10.9. The SMILES string of the molecule is CC(C(=O)O)N1C(=O)S/C(=C\c2ccccc2)C1=O. The first-order valence-corrected chi connectivity index (χ1v) is 6.37. The fourth-order valence-electron chi connectivity index (χ4n) is 1.62. The van der Waals surface area contributed by atoms with Crippen LogP contribution in [0.25, 0.3) is 6.08 Å². The number of carbonyl (C=O) groups excluding carboxylic acids is 2. The van der Waals surface area contributed by atoms with Crippen LogP contribution in [-0.4, -0.2) is 33.2 Å². The first kappa shape index (κ1) is 13.4. The van der Waals surface area contributed by atoms with Gasteiger partial charge in [-0.1, -0.05) is 30.3 Å². The van der Waals surface area contributed by atoms with Crippen LogP contribution in [0.2, 0.25) is 0 Å². The van der Waals surface area contributed by atoms with Crippen LogP contribution in [-0.2, 0) is 9.59 Å². The Bertz CT molecular complexity index is 567. The first-order valence-electron chi connectivity index (χ1n) is 5.55. The highest BCUT2D eigenvalue weighted by Gasteiger charge is 2.40. The minimum atomic E-state index is -1.21. The molecule has 1 saturated heterocycles. The predicted molar refractivity (Wildman–Crippen MR) is 71.3 cm³/mol. The van der Waals surface area contributed by atoms with Crippen molar-refractivity contribution in [3.05, 3.63) is 40.8 Å². The van der Waals surface area contributed by atoms with Crippen molar-refractivity contribution in [3.8, 4) is 0 Å². The minimum Gasteiger partial charge on any atom is -0.480 e. The maximum Gasteiger partial charge on any atom is 0.326 e. The second kappa shape index (κ2) is 5.27. The zero-order chi connectivity index (χ0) is 14.0. The second-order valence-electron chi connectivity index (χ2n) is 3.98. The van der Waals surface area contributed by atoms with E-state index in [4.69, 9.17) is 5.11 Å². The Morgan fingerprint density at radius 1 is 1.32 bits per heavy atom. The van der Waals surface area contributed by atoms with Gasteiger partial charge in [-0.15, -0.1) is 0 Å². The molecule has 1 heterocycles. The second-order valence-corrected chi connectivity index (χ2v) is 4.97. The summed E-state index contributed by atoms with van der Waals surface area (Å²) in [6.07, 6.45) is 1.58. The summed E-state index contributed by atoms with van der Waals surface area (Å²) in [5, 5.41) is 8.33. The molecule has 5 nitrogen and oxygen atoms in total. The average molecular weight is 277 g/mol. The highest BCUT2D eigenvalue weighted by Crippen LogP contribution is 2.33. The third kappa shape index (κ3) is 2.68. The van der Waals surface area contributed by atoms with E-state index in [1.807, 2.05) is 18.2 Å². The van der Waals surface area contributed by atoms with Crippen molar-refractivity contribution >= 4 is 35.0 Å². The van der Waals surface area contributed by atoms with E-state index in [0.29, 0.717) is 0 Å². The Labute approximate surface area is 113 Å². The number of imide groups is 1. The normalized spacial score (nSPS) is 19.0. The third-order valence-electron chi connectivity index (χ3n) is 2.67. The van der Waals surface area contributed by atoms with Crippen LogP contribution in [0.5, 0.6) is 0 Å². The number of carbonyl (C=O) groups is 3. The summed E-state index contributed by atoms with van der Waals surface area (Å²) in [4.78, 5) is 35.6. The Morgan fingerprint density at radius 2 is 1.95 bits per heavy atom. The molecule has 1 N–H and O–H groups in total. The highest BCUT2D eigenvalue weighted by atomic mass is 32.2. The molecule has 2 rings (SSSR count). The van der Waals surface area contributed by atoms with Crippen LogP contribution >= 0.6 is 11.8 Å². The molecule has 1 unspecified atom stereocenters. The maximum absolute atomic E-state index is 12.0. The molecule has 1 atom stereocenters. The maximum atomic E-state index is 12.0. The average Bonchev–Trinajstić information content (AvgIpc) is 2.65. The van der Waals surface area contributed by atoms with Gasteiger partial charge in [-0.05, 0) is 30.3 Å². The lowest BCUT2D eigenvalue weighted by Gasteiger charge is -2.16. The molecule has 98 valence electrons. The van der Waals surface area contributed by atoms with Gasteiger partial charge in [-0.3, -0.25) is 14.5 Å². The standard InChI is InChI=1S/C13H11NO4S/c1-8(12(16)17)14-11(15)10(19-13(14)18)7-9-5-3-2-4-6-9/h2-8H,1H3,(H,16,17)/b10-7-. The molecule has 0 spiro atoms. The van der Waals surface area contributed by atoms with Crippen molar-refractivity contribution in [1.82, 2.24) is 4.90 Å². The summed E-state index contributed by atoms with van der Waals surface area (Å²) in [7, 11) is 0. The van der Waals surface area contributed by atoms with Gasteiger partial charge in [0.2, 0.25) is 0 Å². The Kier molecular flexibility index (Phi) is 3.71. The van der Waals surface area contributed by atoms with Gasteiger partial charge in [-0.25, -0.2) is 4.79 Å². The smallest absolute Gasteiger partial charge is 0.326 e. The van der Waals surface area contributed by atoms with Crippen molar-refractivity contribution in [2.45, 2.75) is 13.0 Å². The number of hydrogen-bond acceptors (Lipinski definition) is 4. The lowest BCUT2D eigenvalue weighted by Crippen LogP contribution is -2.41. The molecule has 1 aliphatic rings. The topological polar surface area (TPSA) is 74.7 Å². The van der Waals surface area contributed by atoms with Crippen molar-refractivity contribution in [3.63, 3.8) is 0 Å². The molecular formula is C13H11NO4S. The number of thioether (sulfide) groups is 1. The lowest BCUT2D eigenvalue weighted by molar-refractivity contribution is -0.145. The molecule has 2 amide bonds. The van der Waals surface area contributed by atoms with Crippen LogP contribution < -0.4 is 0 Å². The van der Waals surface area contributed by atoms with E-state index in [0.717, 1.165) is 22.2 Å². The molecule has 1 aliphatic heterocycles. The van der Waals surface area contributed by atoms with Crippen molar-refractivity contribution < 1.29 is 19.5 Å². The summed E-state index contributed by atoms with van der Waals surface area (Å²) >= 11 is 0.758. The quantitative estimate of drug-likeness (QED) is 0.857. The molecule has 0 radical (unpaired) electrons. The number of benzene rings is 1. The van der Waals surface area contributed by atoms with E-state index >= 15 is 0 Å². The van der Waals surface area contributed by atoms with Gasteiger partial charge >= 0.3 is 5.97 Å².